The molecule has 7 heteroatoms. The molecule has 0 saturated carbocycles. The Kier molecular flexibility index (Phi) is 5.27. The molecule has 0 radical (unpaired) electrons. The van der Waals surface area contributed by atoms with Crippen LogP contribution in [0.2, 0.25) is 0 Å². The van der Waals surface area contributed by atoms with E-state index in [2.05, 4.69) is 37.2 Å². The highest BCUT2D eigenvalue weighted by Gasteiger charge is 2.37. The van der Waals surface area contributed by atoms with Gasteiger partial charge in [0.2, 0.25) is 0 Å². The fraction of sp³-hybridized carbons (Fsp3) is 0.429. The molecule has 0 bridgehead atoms. The summed E-state index contributed by atoms with van der Waals surface area (Å²) in [4.78, 5) is 25.2. The van der Waals surface area contributed by atoms with Gasteiger partial charge in [-0.15, -0.1) is 0 Å². The molecule has 1 aromatic rings. The Hall–Kier alpha value is -1.08. The number of carbonyl (C=O) groups is 2. The molecule has 1 aromatic carbocycles. The number of aliphatic carboxylic acids is 1. The van der Waals surface area contributed by atoms with E-state index in [9.17, 15) is 14.7 Å². The minimum absolute atomic E-state index is 0.0460. The molecule has 1 aliphatic heterocycles. The van der Waals surface area contributed by atoms with E-state index in [4.69, 9.17) is 0 Å². The molecule has 2 unspecified atom stereocenters. The van der Waals surface area contributed by atoms with Crippen molar-refractivity contribution in [3.8, 4) is 0 Å². The second-order valence-electron chi connectivity index (χ2n) is 5.15. The fourth-order valence-corrected chi connectivity index (χ4v) is 3.72. The molecule has 1 fully saturated rings. The van der Waals surface area contributed by atoms with Gasteiger partial charge >= 0.3 is 12.0 Å². The van der Waals surface area contributed by atoms with Crippen molar-refractivity contribution in [3.63, 3.8) is 0 Å². The largest absolute Gasteiger partial charge is 0.480 e. The SMILES string of the molecule is CC1CCCN(C(=O)Nc2ccc(Br)cc2Br)C1C(=O)O. The fourth-order valence-electron chi connectivity index (χ4n) is 2.57. The zero-order valence-electron chi connectivity index (χ0n) is 11.5. The van der Waals surface area contributed by atoms with Crippen LogP contribution in [-0.4, -0.2) is 34.6 Å². The van der Waals surface area contributed by atoms with Crippen LogP contribution in [0, 0.1) is 5.92 Å². The number of carboxylic acids is 1. The number of nitrogens with zero attached hydrogens (tertiary/aromatic N) is 1. The number of hydrogen-bond acceptors (Lipinski definition) is 2. The van der Waals surface area contributed by atoms with E-state index in [1.54, 1.807) is 6.07 Å². The number of hydrogen-bond donors (Lipinski definition) is 2. The van der Waals surface area contributed by atoms with E-state index < -0.39 is 12.0 Å². The number of nitrogens with one attached hydrogen (secondary N) is 1. The third-order valence-electron chi connectivity index (χ3n) is 3.62. The molecule has 0 aromatic heterocycles. The van der Waals surface area contributed by atoms with Crippen molar-refractivity contribution in [2.45, 2.75) is 25.8 Å². The summed E-state index contributed by atoms with van der Waals surface area (Å²) in [7, 11) is 0. The van der Waals surface area contributed by atoms with Gasteiger partial charge in [-0.25, -0.2) is 9.59 Å². The van der Waals surface area contributed by atoms with Gasteiger partial charge in [-0.05, 0) is 52.9 Å². The first-order chi connectivity index (χ1) is 9.90. The van der Waals surface area contributed by atoms with Crippen LogP contribution in [0.3, 0.4) is 0 Å². The average molecular weight is 420 g/mol. The van der Waals surface area contributed by atoms with Crippen molar-refractivity contribution in [1.29, 1.82) is 0 Å². The van der Waals surface area contributed by atoms with Crippen molar-refractivity contribution in [3.05, 3.63) is 27.1 Å². The van der Waals surface area contributed by atoms with Gasteiger partial charge in [0, 0.05) is 15.5 Å². The van der Waals surface area contributed by atoms with Crippen LogP contribution >= 0.6 is 31.9 Å². The molecule has 5 nitrogen and oxygen atoms in total. The monoisotopic (exact) mass is 418 g/mol. The molecule has 0 spiro atoms. The minimum Gasteiger partial charge on any atom is -0.480 e. The summed E-state index contributed by atoms with van der Waals surface area (Å²) in [5.41, 5.74) is 0.616. The number of urea groups is 1. The van der Waals surface area contributed by atoms with Crippen LogP contribution in [0.25, 0.3) is 0 Å². The van der Waals surface area contributed by atoms with Crippen LogP contribution in [0.1, 0.15) is 19.8 Å². The van der Waals surface area contributed by atoms with Crippen LogP contribution in [0.5, 0.6) is 0 Å². The molecule has 0 aliphatic carbocycles. The van der Waals surface area contributed by atoms with Gasteiger partial charge in [-0.1, -0.05) is 22.9 Å². The van der Waals surface area contributed by atoms with Gasteiger partial charge < -0.3 is 15.3 Å². The van der Waals surface area contributed by atoms with E-state index in [0.29, 0.717) is 12.2 Å². The van der Waals surface area contributed by atoms with Gasteiger partial charge in [0.25, 0.3) is 0 Å². The van der Waals surface area contributed by atoms with E-state index in [-0.39, 0.29) is 11.9 Å². The van der Waals surface area contributed by atoms with Crippen molar-refractivity contribution < 1.29 is 14.7 Å². The Balaban J connectivity index is 2.16. The van der Waals surface area contributed by atoms with Gasteiger partial charge in [0.05, 0.1) is 5.69 Å². The number of rotatable bonds is 2. The first-order valence-electron chi connectivity index (χ1n) is 6.65. The quantitative estimate of drug-likeness (QED) is 0.762. The van der Waals surface area contributed by atoms with Gasteiger partial charge in [0.15, 0.2) is 0 Å². The Morgan fingerprint density at radius 3 is 2.71 bits per heavy atom. The van der Waals surface area contributed by atoms with E-state index in [1.165, 1.54) is 4.90 Å². The van der Waals surface area contributed by atoms with Crippen molar-refractivity contribution in [2.24, 2.45) is 5.92 Å². The molecule has 1 aliphatic rings. The van der Waals surface area contributed by atoms with Crippen molar-refractivity contribution in [2.75, 3.05) is 11.9 Å². The van der Waals surface area contributed by atoms with Gasteiger partial charge in [0.1, 0.15) is 6.04 Å². The lowest BCUT2D eigenvalue weighted by Crippen LogP contribution is -2.53. The third-order valence-corrected chi connectivity index (χ3v) is 4.77. The lowest BCUT2D eigenvalue weighted by molar-refractivity contribution is -0.145. The second kappa shape index (κ2) is 6.79. The number of benzene rings is 1. The minimum atomic E-state index is -0.952. The highest BCUT2D eigenvalue weighted by Crippen LogP contribution is 2.28. The van der Waals surface area contributed by atoms with Crippen LogP contribution < -0.4 is 5.32 Å². The van der Waals surface area contributed by atoms with Crippen molar-refractivity contribution >= 4 is 49.5 Å². The summed E-state index contributed by atoms with van der Waals surface area (Å²) in [6, 6.07) is 4.25. The molecular formula is C14H16Br2N2O3. The normalized spacial score (nSPS) is 22.0. The number of amides is 2. The van der Waals surface area contributed by atoms with Gasteiger partial charge in [-0.3, -0.25) is 0 Å². The predicted molar refractivity (Wildman–Crippen MR) is 87.4 cm³/mol. The molecule has 1 saturated heterocycles. The first kappa shape index (κ1) is 16.3. The maximum atomic E-state index is 12.4. The Morgan fingerprint density at radius 2 is 2.10 bits per heavy atom. The smallest absolute Gasteiger partial charge is 0.326 e. The van der Waals surface area contributed by atoms with Crippen LogP contribution in [0.4, 0.5) is 10.5 Å². The van der Waals surface area contributed by atoms with Crippen LogP contribution in [0.15, 0.2) is 27.1 Å². The Morgan fingerprint density at radius 1 is 1.38 bits per heavy atom. The topological polar surface area (TPSA) is 69.6 Å². The van der Waals surface area contributed by atoms with Crippen LogP contribution in [-0.2, 0) is 4.79 Å². The number of carbonyl (C=O) groups excluding carboxylic acids is 1. The molecule has 2 amide bonds. The lowest BCUT2D eigenvalue weighted by atomic mass is 9.91. The summed E-state index contributed by atoms with van der Waals surface area (Å²) in [5, 5.41) is 12.1. The highest BCUT2D eigenvalue weighted by molar-refractivity contribution is 9.11. The number of carboxylic acid groups (broad SMARTS) is 1. The van der Waals surface area contributed by atoms with Crippen molar-refractivity contribution in [1.82, 2.24) is 4.90 Å². The molecule has 2 rings (SSSR count). The van der Waals surface area contributed by atoms with Gasteiger partial charge in [-0.2, -0.15) is 0 Å². The maximum absolute atomic E-state index is 12.4. The molecule has 21 heavy (non-hydrogen) atoms. The zero-order valence-corrected chi connectivity index (χ0v) is 14.6. The standard InChI is InChI=1S/C14H16Br2N2O3/c1-8-3-2-6-18(12(8)13(19)20)14(21)17-11-5-4-9(15)7-10(11)16/h4-5,7-8,12H,2-3,6H2,1H3,(H,17,21)(H,19,20). The molecular weight excluding hydrogens is 404 g/mol. The zero-order chi connectivity index (χ0) is 15.6. The number of anilines is 1. The summed E-state index contributed by atoms with van der Waals surface area (Å²) >= 11 is 6.72. The number of piperidine rings is 1. The van der Waals surface area contributed by atoms with E-state index in [1.807, 2.05) is 19.1 Å². The predicted octanol–water partition coefficient (Wildman–Crippen LogP) is 3.93. The van der Waals surface area contributed by atoms with E-state index in [0.717, 1.165) is 21.8 Å². The maximum Gasteiger partial charge on any atom is 0.326 e. The average Bonchev–Trinajstić information content (AvgIpc) is 2.41. The molecule has 2 N–H and O–H groups in total. The summed E-state index contributed by atoms with van der Waals surface area (Å²) in [6.45, 7) is 2.33. The number of likely N-dealkylation sites (tertiary alicyclic amines) is 1. The molecule has 1 heterocycles. The number of halogens is 2. The molecule has 2 atom stereocenters. The third kappa shape index (κ3) is 3.77. The summed E-state index contributed by atoms with van der Waals surface area (Å²) in [6.07, 6.45) is 1.64. The first-order valence-corrected chi connectivity index (χ1v) is 8.24. The lowest BCUT2D eigenvalue weighted by Gasteiger charge is -2.37. The summed E-state index contributed by atoms with van der Waals surface area (Å²) < 4.78 is 1.63. The second-order valence-corrected chi connectivity index (χ2v) is 6.92. The Labute approximate surface area is 140 Å². The summed E-state index contributed by atoms with van der Waals surface area (Å²) in [5.74, 6) is -0.998. The molecule has 114 valence electrons. The van der Waals surface area contributed by atoms with E-state index >= 15 is 0 Å². The Bertz CT molecular complexity index is 565. The highest BCUT2D eigenvalue weighted by atomic mass is 79.9.